The number of pyridine rings is 1. The number of phenolic OH excluding ortho intramolecular Hbond substituents is 2. The molecule has 3 aliphatic heterocycles. The van der Waals surface area contributed by atoms with Gasteiger partial charge in [-0.1, -0.05) is 24.3 Å². The molecule has 1 amide bonds. The van der Waals surface area contributed by atoms with Crippen molar-refractivity contribution in [2.45, 2.75) is 56.9 Å². The normalized spacial score (nSPS) is 22.5. The number of fused-ring (bicyclic) bond motifs is 8. The minimum Gasteiger partial charge on any atom is -0.504 e. The minimum atomic E-state index is -0.688. The number of aromatic nitrogens is 1. The van der Waals surface area contributed by atoms with E-state index in [9.17, 15) is 20.3 Å². The molecule has 0 radical (unpaired) electrons. The fourth-order valence-electron chi connectivity index (χ4n) is 8.99. The van der Waals surface area contributed by atoms with Crippen LogP contribution in [0.2, 0.25) is 0 Å². The van der Waals surface area contributed by atoms with Crippen molar-refractivity contribution in [3.05, 3.63) is 75.6 Å². The lowest BCUT2D eigenvalue weighted by atomic mass is 9.71. The molecule has 7 rings (SSSR count). The number of nitrogens with zero attached hydrogens (tertiary/aromatic N) is 4. The number of carbonyl (C=O) groups is 1. The van der Waals surface area contributed by atoms with E-state index in [1.54, 1.807) is 20.4 Å². The Balaban J connectivity index is 1.43. The number of nitriles is 1. The summed E-state index contributed by atoms with van der Waals surface area (Å²) < 4.78 is 23.3. The van der Waals surface area contributed by atoms with Crippen molar-refractivity contribution >= 4 is 16.7 Å². The largest absolute Gasteiger partial charge is 0.504 e. The molecule has 12 heteroatoms. The highest BCUT2D eigenvalue weighted by Crippen LogP contribution is 2.58. The molecule has 0 aliphatic carbocycles. The number of nitrogens with one attached hydrogen (secondary N) is 1. The third kappa shape index (κ3) is 4.64. The molecule has 4 aromatic rings. The molecule has 5 atom stereocenters. The number of ether oxygens (including phenoxy) is 4. The zero-order chi connectivity index (χ0) is 35.6. The molecule has 0 unspecified atom stereocenters. The van der Waals surface area contributed by atoms with Crippen LogP contribution in [0.25, 0.3) is 10.8 Å². The molecule has 0 saturated carbocycles. The summed E-state index contributed by atoms with van der Waals surface area (Å²) in [5.74, 6) is 1.36. The first-order chi connectivity index (χ1) is 24.1. The van der Waals surface area contributed by atoms with Gasteiger partial charge in [0.15, 0.2) is 23.0 Å². The molecule has 2 bridgehead atoms. The van der Waals surface area contributed by atoms with Gasteiger partial charge < -0.3 is 34.5 Å². The van der Waals surface area contributed by atoms with Crippen molar-refractivity contribution in [1.82, 2.24) is 20.1 Å². The van der Waals surface area contributed by atoms with Crippen LogP contribution in [0, 0.1) is 25.2 Å². The molecule has 0 spiro atoms. The highest BCUT2D eigenvalue weighted by Gasteiger charge is 2.57. The summed E-state index contributed by atoms with van der Waals surface area (Å²) >= 11 is 0. The monoisotopic (exact) mass is 679 g/mol. The SMILES string of the molecule is COc1c(C)c(OC)c2c(c1O)[C@H]1[C@@H]3Cc4c(OC)c(C)c(OC)c(O)c4[C@H](CNC(=O)c4nccc5ccccc45)N3[C@@H](C#N)[C@@H](C2)N1C. The summed E-state index contributed by atoms with van der Waals surface area (Å²) in [6.45, 7) is 3.72. The Morgan fingerprint density at radius 3 is 2.10 bits per heavy atom. The summed E-state index contributed by atoms with van der Waals surface area (Å²) in [6.07, 6.45) is 2.39. The van der Waals surface area contributed by atoms with Crippen LogP contribution in [-0.2, 0) is 12.8 Å². The Kier molecular flexibility index (Phi) is 8.36. The number of carbonyl (C=O) groups excluding carboxylic acids is 1. The van der Waals surface area contributed by atoms with Crippen molar-refractivity contribution < 1.29 is 34.0 Å². The van der Waals surface area contributed by atoms with Gasteiger partial charge in [0.2, 0.25) is 0 Å². The van der Waals surface area contributed by atoms with Crippen LogP contribution in [0.3, 0.4) is 0 Å². The Hall–Kier alpha value is -5.25. The maximum absolute atomic E-state index is 13.9. The maximum atomic E-state index is 13.9. The van der Waals surface area contributed by atoms with E-state index in [1.807, 2.05) is 51.2 Å². The minimum absolute atomic E-state index is 0.0323. The van der Waals surface area contributed by atoms with Crippen molar-refractivity contribution in [2.24, 2.45) is 0 Å². The molecule has 4 heterocycles. The molecule has 12 nitrogen and oxygen atoms in total. The Morgan fingerprint density at radius 1 is 0.900 bits per heavy atom. The zero-order valence-corrected chi connectivity index (χ0v) is 29.2. The second-order valence-corrected chi connectivity index (χ2v) is 13.1. The van der Waals surface area contributed by atoms with Crippen LogP contribution in [-0.4, -0.2) is 91.1 Å². The highest BCUT2D eigenvalue weighted by molar-refractivity contribution is 6.05. The predicted molar refractivity (Wildman–Crippen MR) is 185 cm³/mol. The molecular formula is C38H41N5O7. The van der Waals surface area contributed by atoms with Crippen LogP contribution in [0.15, 0.2) is 36.5 Å². The van der Waals surface area contributed by atoms with Crippen LogP contribution < -0.4 is 24.3 Å². The van der Waals surface area contributed by atoms with Crippen LogP contribution in [0.5, 0.6) is 34.5 Å². The topological polar surface area (TPSA) is 150 Å². The number of phenols is 2. The number of likely N-dealkylation sites (N-methyl/N-ethyl adjacent to an activating group) is 1. The molecule has 1 aromatic heterocycles. The fourth-order valence-corrected chi connectivity index (χ4v) is 8.99. The van der Waals surface area contributed by atoms with Crippen molar-refractivity contribution in [3.8, 4) is 40.6 Å². The van der Waals surface area contributed by atoms with Gasteiger partial charge in [-0.2, -0.15) is 5.26 Å². The number of hydrogen-bond donors (Lipinski definition) is 3. The highest BCUT2D eigenvalue weighted by atomic mass is 16.5. The standard InChI is InChI=1S/C38H41N5O7/c1-18-34(47-4)22-15-25-31-29-23(35(48-5)19(2)37(50-7)33(29)45)14-24(42(31)3)26(16-39)43(25)27(28(22)32(44)36(18)49-6)17-41-38(46)30-21-11-9-8-10-20(21)12-13-40-30/h8-13,24-27,31,44-45H,14-15,17H2,1-7H3,(H,41,46)/t24-,25+,26+,27+,31-/m1/s1. The van der Waals surface area contributed by atoms with Gasteiger partial charge >= 0.3 is 0 Å². The van der Waals surface area contributed by atoms with Crippen LogP contribution >= 0.6 is 0 Å². The molecule has 3 N–H and O–H groups in total. The smallest absolute Gasteiger partial charge is 0.270 e. The zero-order valence-electron chi connectivity index (χ0n) is 29.2. The lowest BCUT2D eigenvalue weighted by molar-refractivity contribution is -0.0724. The number of rotatable bonds is 7. The summed E-state index contributed by atoms with van der Waals surface area (Å²) in [5, 5.41) is 39.4. The first kappa shape index (κ1) is 33.3. The van der Waals surface area contributed by atoms with Gasteiger partial charge in [0.25, 0.3) is 5.91 Å². The maximum Gasteiger partial charge on any atom is 0.270 e. The lowest BCUT2D eigenvalue weighted by Gasteiger charge is -2.60. The third-order valence-electron chi connectivity index (χ3n) is 11.0. The third-order valence-corrected chi connectivity index (χ3v) is 11.0. The van der Waals surface area contributed by atoms with E-state index in [2.05, 4.69) is 26.2 Å². The number of hydrogen-bond acceptors (Lipinski definition) is 11. The van der Waals surface area contributed by atoms with Gasteiger partial charge in [-0.25, -0.2) is 0 Å². The summed E-state index contributed by atoms with van der Waals surface area (Å²) in [5.41, 5.74) is 4.38. The van der Waals surface area contributed by atoms with Crippen LogP contribution in [0.4, 0.5) is 0 Å². The van der Waals surface area contributed by atoms with E-state index in [0.29, 0.717) is 57.7 Å². The van der Waals surface area contributed by atoms with Gasteiger partial charge in [-0.3, -0.25) is 19.6 Å². The van der Waals surface area contributed by atoms with E-state index < -0.39 is 24.2 Å². The second-order valence-electron chi connectivity index (χ2n) is 13.1. The lowest BCUT2D eigenvalue weighted by Crippen LogP contribution is -2.68. The number of methoxy groups -OCH3 is 4. The number of amides is 1. The van der Waals surface area contributed by atoms with E-state index in [1.165, 1.54) is 14.2 Å². The Morgan fingerprint density at radius 2 is 1.48 bits per heavy atom. The summed E-state index contributed by atoms with van der Waals surface area (Å²) in [4.78, 5) is 22.6. The van der Waals surface area contributed by atoms with Gasteiger partial charge in [-0.15, -0.1) is 0 Å². The number of benzene rings is 3. The molecule has 260 valence electrons. The average molecular weight is 680 g/mol. The molecule has 3 aromatic carbocycles. The average Bonchev–Trinajstić information content (AvgIpc) is 3.11. The van der Waals surface area contributed by atoms with E-state index in [-0.39, 0.29) is 41.4 Å². The van der Waals surface area contributed by atoms with Gasteiger partial charge in [0.05, 0.1) is 46.6 Å². The van der Waals surface area contributed by atoms with Crippen molar-refractivity contribution in [1.29, 1.82) is 5.26 Å². The van der Waals surface area contributed by atoms with Gasteiger partial charge in [-0.05, 0) is 45.2 Å². The predicted octanol–water partition coefficient (Wildman–Crippen LogP) is 4.50. The second kappa shape index (κ2) is 12.6. The number of aromatic hydroxyl groups is 2. The quantitative estimate of drug-likeness (QED) is 0.254. The molecule has 1 fully saturated rings. The van der Waals surface area contributed by atoms with Crippen molar-refractivity contribution in [2.75, 3.05) is 42.0 Å². The van der Waals surface area contributed by atoms with Crippen LogP contribution in [0.1, 0.15) is 56.0 Å². The number of piperazine rings is 1. The Bertz CT molecular complexity index is 2070. The van der Waals surface area contributed by atoms with Gasteiger partial charge in [0, 0.05) is 63.6 Å². The molecule has 3 aliphatic rings. The Labute approximate surface area is 290 Å². The molecule has 50 heavy (non-hydrogen) atoms. The summed E-state index contributed by atoms with van der Waals surface area (Å²) in [7, 11) is 8.17. The van der Waals surface area contributed by atoms with Gasteiger partial charge in [0.1, 0.15) is 23.2 Å². The van der Waals surface area contributed by atoms with E-state index in [4.69, 9.17) is 18.9 Å². The fraction of sp³-hybridized carbons (Fsp3) is 0.395. The summed E-state index contributed by atoms with van der Waals surface area (Å²) in [6, 6.07) is 9.49. The molecular weight excluding hydrogens is 638 g/mol. The first-order valence-electron chi connectivity index (χ1n) is 16.6. The van der Waals surface area contributed by atoms with Crippen molar-refractivity contribution in [3.63, 3.8) is 0 Å². The molecule has 1 saturated heterocycles. The van der Waals surface area contributed by atoms with E-state index >= 15 is 0 Å². The first-order valence-corrected chi connectivity index (χ1v) is 16.6. The van der Waals surface area contributed by atoms with E-state index in [0.717, 1.165) is 16.5 Å².